The van der Waals surface area contributed by atoms with Gasteiger partial charge in [-0.2, -0.15) is 28.5 Å². The van der Waals surface area contributed by atoms with Crippen molar-refractivity contribution in [3.63, 3.8) is 0 Å². The number of aromatic amines is 1. The van der Waals surface area contributed by atoms with Gasteiger partial charge >= 0.3 is 6.18 Å². The van der Waals surface area contributed by atoms with Crippen molar-refractivity contribution in [3.8, 4) is 22.5 Å². The molecule has 2 saturated heterocycles. The molecule has 0 amide bonds. The van der Waals surface area contributed by atoms with Gasteiger partial charge in [0.05, 0.1) is 59.7 Å². The van der Waals surface area contributed by atoms with E-state index in [1.54, 1.807) is 31.5 Å². The van der Waals surface area contributed by atoms with Gasteiger partial charge in [0.1, 0.15) is 5.82 Å². The van der Waals surface area contributed by atoms with Crippen LogP contribution in [0.4, 0.5) is 19.0 Å². The van der Waals surface area contributed by atoms with Crippen molar-refractivity contribution in [3.05, 3.63) is 35.9 Å². The molecule has 0 bridgehead atoms. The Morgan fingerprint density at radius 1 is 1.19 bits per heavy atom. The van der Waals surface area contributed by atoms with E-state index in [2.05, 4.69) is 30.6 Å². The van der Waals surface area contributed by atoms with Gasteiger partial charge in [0.15, 0.2) is 11.3 Å². The third-order valence-corrected chi connectivity index (χ3v) is 7.18. The fourth-order valence-corrected chi connectivity index (χ4v) is 5.38. The van der Waals surface area contributed by atoms with Crippen molar-refractivity contribution in [1.29, 1.82) is 0 Å². The molecule has 37 heavy (non-hydrogen) atoms. The maximum Gasteiger partial charge on any atom is 0.433 e. The van der Waals surface area contributed by atoms with Crippen LogP contribution in [0.5, 0.6) is 0 Å². The summed E-state index contributed by atoms with van der Waals surface area (Å²) in [7, 11) is 0. The third-order valence-electron chi connectivity index (χ3n) is 7.18. The maximum absolute atomic E-state index is 14.7. The van der Waals surface area contributed by atoms with E-state index in [9.17, 15) is 13.2 Å². The molecule has 196 valence electrons. The molecule has 2 aliphatic rings. The molecule has 2 aliphatic heterocycles. The lowest BCUT2D eigenvalue weighted by Gasteiger charge is -2.34. The second-order valence-electron chi connectivity index (χ2n) is 9.61. The van der Waals surface area contributed by atoms with Crippen molar-refractivity contribution in [2.45, 2.75) is 44.9 Å². The summed E-state index contributed by atoms with van der Waals surface area (Å²) < 4.78 is 52.5. The normalized spacial score (nSPS) is 19.7. The van der Waals surface area contributed by atoms with Crippen LogP contribution in [0.2, 0.25) is 0 Å². The molecule has 0 aromatic carbocycles. The van der Waals surface area contributed by atoms with Crippen molar-refractivity contribution in [2.75, 3.05) is 37.7 Å². The highest BCUT2D eigenvalue weighted by molar-refractivity contribution is 5.80. The number of alkyl halides is 3. The number of piperidine rings is 1. The van der Waals surface area contributed by atoms with Crippen LogP contribution in [0.15, 0.2) is 24.5 Å². The smallest absolute Gasteiger partial charge is 0.377 e. The Kier molecular flexibility index (Phi) is 5.91. The summed E-state index contributed by atoms with van der Waals surface area (Å²) in [5, 5.41) is 19.1. The molecule has 0 unspecified atom stereocenters. The van der Waals surface area contributed by atoms with Crippen molar-refractivity contribution in [1.82, 2.24) is 39.9 Å². The van der Waals surface area contributed by atoms with Crippen LogP contribution in [0.1, 0.15) is 37.2 Å². The van der Waals surface area contributed by atoms with Gasteiger partial charge < -0.3 is 15.0 Å². The van der Waals surface area contributed by atoms with E-state index in [0.717, 1.165) is 0 Å². The first-order valence-corrected chi connectivity index (χ1v) is 12.4. The number of nitrogens with one attached hydrogen (secondary N) is 2. The topological polar surface area (TPSA) is 101 Å². The molecule has 4 aromatic rings. The summed E-state index contributed by atoms with van der Waals surface area (Å²) in [6.07, 6.45) is -0.230. The first-order valence-electron chi connectivity index (χ1n) is 12.4. The van der Waals surface area contributed by atoms with E-state index in [4.69, 9.17) is 9.72 Å². The molecule has 2 fully saturated rings. The number of nitrogens with zero attached hydrogens (tertiary/aromatic N) is 7. The largest absolute Gasteiger partial charge is 0.433 e. The summed E-state index contributed by atoms with van der Waals surface area (Å²) in [4.78, 5) is 6.94. The predicted molar refractivity (Wildman–Crippen MR) is 130 cm³/mol. The van der Waals surface area contributed by atoms with Crippen molar-refractivity contribution in [2.24, 2.45) is 0 Å². The molecular weight excluding hydrogens is 487 g/mol. The van der Waals surface area contributed by atoms with Gasteiger partial charge in [0.2, 0.25) is 0 Å². The van der Waals surface area contributed by atoms with Gasteiger partial charge in [-0.25, -0.2) is 9.50 Å². The summed E-state index contributed by atoms with van der Waals surface area (Å²) in [6.45, 7) is 6.55. The number of H-pyrrole nitrogens is 1. The van der Waals surface area contributed by atoms with Crippen LogP contribution in [0.3, 0.4) is 0 Å². The SMILES string of the molecule is Cc1nn(C2CCNCC2)c(C(F)(F)F)c1-c1cc(N2CCOC[C@H]2C)nc2c(-c3ccn[nH]3)cnn12. The number of morpholine rings is 1. The molecular formula is C24H28F3N9O. The monoisotopic (exact) mass is 515 g/mol. The van der Waals surface area contributed by atoms with E-state index in [0.29, 0.717) is 79.8 Å². The molecule has 13 heteroatoms. The Morgan fingerprint density at radius 2 is 2.00 bits per heavy atom. The minimum absolute atomic E-state index is 0.00993. The number of ether oxygens (including phenoxy) is 1. The van der Waals surface area contributed by atoms with Crippen LogP contribution >= 0.6 is 0 Å². The minimum Gasteiger partial charge on any atom is -0.377 e. The highest BCUT2D eigenvalue weighted by Gasteiger charge is 2.42. The van der Waals surface area contributed by atoms with Gasteiger partial charge in [-0.05, 0) is 45.8 Å². The average molecular weight is 516 g/mol. The Labute approximate surface area is 210 Å². The molecule has 1 atom stereocenters. The summed E-state index contributed by atoms with van der Waals surface area (Å²) in [6, 6.07) is 3.16. The second-order valence-corrected chi connectivity index (χ2v) is 9.61. The molecule has 0 radical (unpaired) electrons. The Bertz CT molecular complexity index is 1400. The number of halogens is 3. The zero-order valence-electron chi connectivity index (χ0n) is 20.6. The first-order chi connectivity index (χ1) is 17.8. The number of hydrogen-bond donors (Lipinski definition) is 2. The molecule has 6 rings (SSSR count). The Hall–Kier alpha value is -3.45. The van der Waals surface area contributed by atoms with E-state index in [1.807, 2.05) is 6.92 Å². The van der Waals surface area contributed by atoms with Gasteiger partial charge in [-0.15, -0.1) is 0 Å². The summed E-state index contributed by atoms with van der Waals surface area (Å²) in [5.74, 6) is 0.571. The van der Waals surface area contributed by atoms with Crippen molar-refractivity contribution < 1.29 is 17.9 Å². The highest BCUT2D eigenvalue weighted by atomic mass is 19.4. The molecule has 6 heterocycles. The molecule has 0 saturated carbocycles. The van der Waals surface area contributed by atoms with Crippen LogP contribution in [0, 0.1) is 6.92 Å². The molecule has 0 spiro atoms. The van der Waals surface area contributed by atoms with E-state index in [-0.39, 0.29) is 17.6 Å². The quantitative estimate of drug-likeness (QED) is 0.429. The fraction of sp³-hybridized carbons (Fsp3) is 0.500. The Morgan fingerprint density at radius 3 is 2.70 bits per heavy atom. The summed E-state index contributed by atoms with van der Waals surface area (Å²) >= 11 is 0. The Balaban J connectivity index is 1.61. The van der Waals surface area contributed by atoms with Crippen LogP contribution in [-0.2, 0) is 10.9 Å². The maximum atomic E-state index is 14.7. The number of hydrogen-bond acceptors (Lipinski definition) is 7. The molecule has 0 aliphatic carbocycles. The fourth-order valence-electron chi connectivity index (χ4n) is 5.38. The number of aromatic nitrogens is 7. The first kappa shape index (κ1) is 23.9. The van der Waals surface area contributed by atoms with E-state index >= 15 is 0 Å². The van der Waals surface area contributed by atoms with Gasteiger partial charge in [-0.1, -0.05) is 0 Å². The number of anilines is 1. The standard InChI is InChI=1S/C24H28F3N9O/c1-14-13-37-10-9-34(14)20-11-19(36-23(31-20)17(12-30-36)18-5-8-29-32-18)21-15(2)33-35(22(21)24(25,26)27)16-3-6-28-7-4-16/h5,8,11-12,14,16,28H,3-4,6-7,9-10,13H2,1-2H3,(H,29,32)/t14-/m1/s1. The lowest BCUT2D eigenvalue weighted by Crippen LogP contribution is -2.44. The molecule has 2 N–H and O–H groups in total. The van der Waals surface area contributed by atoms with Crippen LogP contribution in [0.25, 0.3) is 28.2 Å². The van der Waals surface area contributed by atoms with E-state index < -0.39 is 11.9 Å². The zero-order chi connectivity index (χ0) is 25.7. The summed E-state index contributed by atoms with van der Waals surface area (Å²) in [5.41, 5.74) is 1.66. The van der Waals surface area contributed by atoms with E-state index in [1.165, 1.54) is 9.20 Å². The third kappa shape index (κ3) is 4.15. The minimum atomic E-state index is -4.61. The van der Waals surface area contributed by atoms with Gasteiger partial charge in [-0.3, -0.25) is 9.78 Å². The lowest BCUT2D eigenvalue weighted by atomic mass is 10.0. The van der Waals surface area contributed by atoms with Gasteiger partial charge in [0.25, 0.3) is 0 Å². The molecule has 4 aromatic heterocycles. The highest BCUT2D eigenvalue weighted by Crippen LogP contribution is 2.42. The average Bonchev–Trinajstić information content (AvgIpc) is 3.62. The van der Waals surface area contributed by atoms with Crippen LogP contribution in [-0.4, -0.2) is 73.5 Å². The van der Waals surface area contributed by atoms with Crippen LogP contribution < -0.4 is 10.2 Å². The predicted octanol–water partition coefficient (Wildman–Crippen LogP) is 3.46. The van der Waals surface area contributed by atoms with Gasteiger partial charge in [0, 0.05) is 18.8 Å². The number of aryl methyl sites for hydroxylation is 1. The number of fused-ring (bicyclic) bond motifs is 1. The number of rotatable bonds is 4. The zero-order valence-corrected chi connectivity index (χ0v) is 20.6. The second kappa shape index (κ2) is 9.14. The van der Waals surface area contributed by atoms with Crippen molar-refractivity contribution >= 4 is 11.5 Å². The molecule has 10 nitrogen and oxygen atoms in total. The lowest BCUT2D eigenvalue weighted by molar-refractivity contribution is -0.144.